The Balaban J connectivity index is 1.55. The molecule has 0 aliphatic carbocycles. The first-order chi connectivity index (χ1) is 13.4. The molecule has 2 N–H and O–H groups in total. The lowest BCUT2D eigenvalue weighted by atomic mass is 10.1. The first kappa shape index (κ1) is 18.8. The number of benzene rings is 3. The predicted molar refractivity (Wildman–Crippen MR) is 114 cm³/mol. The van der Waals surface area contributed by atoms with Gasteiger partial charge in [0.2, 0.25) is 0 Å². The van der Waals surface area contributed by atoms with Gasteiger partial charge in [0.15, 0.2) is 0 Å². The number of sulfonamides is 1. The SMILES string of the molecule is Nc1cc(Br)cc2c1N(S(=O)(=O)c1ccc(OCc3ccccc3)cc1)CC2. The van der Waals surface area contributed by atoms with Crippen LogP contribution in [-0.4, -0.2) is 15.0 Å². The summed E-state index contributed by atoms with van der Waals surface area (Å²) in [4.78, 5) is 0.217. The third kappa shape index (κ3) is 3.59. The zero-order valence-electron chi connectivity index (χ0n) is 15.0. The first-order valence-electron chi connectivity index (χ1n) is 8.82. The molecule has 0 fully saturated rings. The van der Waals surface area contributed by atoms with Gasteiger partial charge in [0.25, 0.3) is 10.0 Å². The second-order valence-electron chi connectivity index (χ2n) is 6.58. The lowest BCUT2D eigenvalue weighted by molar-refractivity contribution is 0.306. The average Bonchev–Trinajstić information content (AvgIpc) is 3.12. The molecule has 0 aromatic heterocycles. The number of nitrogens with zero attached hydrogens (tertiary/aromatic N) is 1. The van der Waals surface area contributed by atoms with Crippen molar-refractivity contribution in [1.82, 2.24) is 0 Å². The lowest BCUT2D eigenvalue weighted by Gasteiger charge is -2.21. The summed E-state index contributed by atoms with van der Waals surface area (Å²) in [6.07, 6.45) is 0.635. The topological polar surface area (TPSA) is 72.6 Å². The molecular weight excluding hydrogens is 440 g/mol. The van der Waals surface area contributed by atoms with Crippen molar-refractivity contribution in [3.05, 3.63) is 82.3 Å². The minimum Gasteiger partial charge on any atom is -0.489 e. The number of rotatable bonds is 5. The summed E-state index contributed by atoms with van der Waals surface area (Å²) >= 11 is 3.41. The molecule has 0 bridgehead atoms. The summed E-state index contributed by atoms with van der Waals surface area (Å²) in [7, 11) is -3.69. The van der Waals surface area contributed by atoms with E-state index in [0.29, 0.717) is 36.7 Å². The quantitative estimate of drug-likeness (QED) is 0.576. The highest BCUT2D eigenvalue weighted by atomic mass is 79.9. The molecule has 0 atom stereocenters. The molecule has 1 aliphatic rings. The molecule has 3 aromatic rings. The molecule has 0 unspecified atom stereocenters. The van der Waals surface area contributed by atoms with Gasteiger partial charge in [-0.15, -0.1) is 0 Å². The van der Waals surface area contributed by atoms with E-state index in [-0.39, 0.29) is 4.90 Å². The Bertz CT molecular complexity index is 1100. The van der Waals surface area contributed by atoms with E-state index >= 15 is 0 Å². The summed E-state index contributed by atoms with van der Waals surface area (Å²) in [6.45, 7) is 0.808. The van der Waals surface area contributed by atoms with Crippen molar-refractivity contribution in [3.63, 3.8) is 0 Å². The van der Waals surface area contributed by atoms with E-state index in [9.17, 15) is 8.42 Å². The number of fused-ring (bicyclic) bond motifs is 1. The Kier molecular flexibility index (Phi) is 5.03. The Morgan fingerprint density at radius 1 is 1.04 bits per heavy atom. The van der Waals surface area contributed by atoms with Crippen LogP contribution in [-0.2, 0) is 23.1 Å². The van der Waals surface area contributed by atoms with Gasteiger partial charge in [0.05, 0.1) is 16.3 Å². The van der Waals surface area contributed by atoms with Crippen molar-refractivity contribution in [2.75, 3.05) is 16.6 Å². The molecule has 5 nitrogen and oxygen atoms in total. The van der Waals surface area contributed by atoms with Gasteiger partial charge >= 0.3 is 0 Å². The zero-order valence-corrected chi connectivity index (χ0v) is 17.4. The molecule has 4 rings (SSSR count). The second-order valence-corrected chi connectivity index (χ2v) is 9.35. The van der Waals surface area contributed by atoms with Gasteiger partial charge in [-0.05, 0) is 53.9 Å². The Morgan fingerprint density at radius 3 is 2.46 bits per heavy atom. The van der Waals surface area contributed by atoms with Crippen LogP contribution in [0.2, 0.25) is 0 Å². The highest BCUT2D eigenvalue weighted by Gasteiger charge is 2.32. The number of nitrogens with two attached hydrogens (primary N) is 1. The fourth-order valence-corrected chi connectivity index (χ4v) is 5.38. The van der Waals surface area contributed by atoms with E-state index in [1.165, 1.54) is 4.31 Å². The maximum atomic E-state index is 13.1. The second kappa shape index (κ2) is 7.48. The predicted octanol–water partition coefficient (Wildman–Crippen LogP) is 4.36. The molecule has 1 aliphatic heterocycles. The number of hydrogen-bond donors (Lipinski definition) is 1. The van der Waals surface area contributed by atoms with Gasteiger partial charge < -0.3 is 10.5 Å². The van der Waals surface area contributed by atoms with Gasteiger partial charge in [-0.25, -0.2) is 8.42 Å². The molecule has 0 saturated heterocycles. The van der Waals surface area contributed by atoms with Gasteiger partial charge in [-0.2, -0.15) is 0 Å². The third-order valence-electron chi connectivity index (χ3n) is 4.68. The van der Waals surface area contributed by atoms with Gasteiger partial charge in [-0.3, -0.25) is 4.31 Å². The van der Waals surface area contributed by atoms with E-state index in [1.807, 2.05) is 36.4 Å². The zero-order chi connectivity index (χ0) is 19.7. The minimum absolute atomic E-state index is 0.217. The molecule has 0 radical (unpaired) electrons. The van der Waals surface area contributed by atoms with Crippen LogP contribution in [0.1, 0.15) is 11.1 Å². The third-order valence-corrected chi connectivity index (χ3v) is 6.95. The maximum Gasteiger partial charge on any atom is 0.264 e. The molecule has 0 amide bonds. The van der Waals surface area contributed by atoms with Gasteiger partial charge in [-0.1, -0.05) is 46.3 Å². The maximum absolute atomic E-state index is 13.1. The lowest BCUT2D eigenvalue weighted by Crippen LogP contribution is -2.29. The highest BCUT2D eigenvalue weighted by Crippen LogP contribution is 2.39. The van der Waals surface area contributed by atoms with E-state index in [2.05, 4.69) is 15.9 Å². The number of anilines is 2. The van der Waals surface area contributed by atoms with Crippen LogP contribution in [0.25, 0.3) is 0 Å². The molecule has 0 spiro atoms. The summed E-state index contributed by atoms with van der Waals surface area (Å²) in [5, 5.41) is 0. The van der Waals surface area contributed by atoms with E-state index in [0.717, 1.165) is 15.6 Å². The number of ether oxygens (including phenoxy) is 1. The van der Waals surface area contributed by atoms with Crippen LogP contribution in [0.3, 0.4) is 0 Å². The average molecular weight is 459 g/mol. The van der Waals surface area contributed by atoms with Gasteiger partial charge in [0.1, 0.15) is 12.4 Å². The van der Waals surface area contributed by atoms with Crippen molar-refractivity contribution in [1.29, 1.82) is 0 Å². The Morgan fingerprint density at radius 2 is 1.75 bits per heavy atom. The van der Waals surface area contributed by atoms with Crippen LogP contribution < -0.4 is 14.8 Å². The fourth-order valence-electron chi connectivity index (χ4n) is 3.32. The Hall–Kier alpha value is -2.51. The molecule has 144 valence electrons. The smallest absolute Gasteiger partial charge is 0.264 e. The van der Waals surface area contributed by atoms with E-state index < -0.39 is 10.0 Å². The van der Waals surface area contributed by atoms with Crippen LogP contribution in [0.15, 0.2) is 76.1 Å². The van der Waals surface area contributed by atoms with Crippen LogP contribution >= 0.6 is 15.9 Å². The Labute approximate surface area is 172 Å². The number of hydrogen-bond acceptors (Lipinski definition) is 4. The normalized spacial score (nSPS) is 13.4. The van der Waals surface area contributed by atoms with Crippen molar-refractivity contribution in [3.8, 4) is 5.75 Å². The standard InChI is InChI=1S/C21H19BrN2O3S/c22-17-12-16-10-11-24(21(16)20(23)13-17)28(25,26)19-8-6-18(7-9-19)27-14-15-4-2-1-3-5-15/h1-9,12-13H,10-11,14,23H2. The molecule has 1 heterocycles. The van der Waals surface area contributed by atoms with Crippen molar-refractivity contribution in [2.45, 2.75) is 17.9 Å². The molecular formula is C21H19BrN2O3S. The van der Waals surface area contributed by atoms with Crippen molar-refractivity contribution in [2.24, 2.45) is 0 Å². The van der Waals surface area contributed by atoms with E-state index in [1.54, 1.807) is 30.3 Å². The van der Waals surface area contributed by atoms with Crippen molar-refractivity contribution >= 4 is 37.3 Å². The first-order valence-corrected chi connectivity index (χ1v) is 11.1. The van der Waals surface area contributed by atoms with E-state index in [4.69, 9.17) is 10.5 Å². The fraction of sp³-hybridized carbons (Fsp3) is 0.143. The molecule has 3 aromatic carbocycles. The minimum atomic E-state index is -3.69. The molecule has 28 heavy (non-hydrogen) atoms. The summed E-state index contributed by atoms with van der Waals surface area (Å²) in [6, 6.07) is 20.0. The summed E-state index contributed by atoms with van der Waals surface area (Å²) < 4.78 is 34.3. The van der Waals surface area contributed by atoms with Crippen LogP contribution in [0.4, 0.5) is 11.4 Å². The number of nitrogen functional groups attached to an aromatic ring is 1. The van der Waals surface area contributed by atoms with Crippen molar-refractivity contribution < 1.29 is 13.2 Å². The monoisotopic (exact) mass is 458 g/mol. The summed E-state index contributed by atoms with van der Waals surface area (Å²) in [5.74, 6) is 0.619. The van der Waals surface area contributed by atoms with Crippen LogP contribution in [0, 0.1) is 0 Å². The molecule has 0 saturated carbocycles. The van der Waals surface area contributed by atoms with Gasteiger partial charge in [0, 0.05) is 11.0 Å². The largest absolute Gasteiger partial charge is 0.489 e. The summed E-state index contributed by atoms with van der Waals surface area (Å²) in [5.41, 5.74) is 9.11. The van der Waals surface area contributed by atoms with Crippen LogP contribution in [0.5, 0.6) is 5.75 Å². The number of halogens is 1. The highest BCUT2D eigenvalue weighted by molar-refractivity contribution is 9.10. The molecule has 7 heteroatoms.